The topological polar surface area (TPSA) is 50.1 Å². The third-order valence-electron chi connectivity index (χ3n) is 4.13. The van der Waals surface area contributed by atoms with E-state index in [1.54, 1.807) is 10.9 Å². The van der Waals surface area contributed by atoms with Crippen molar-refractivity contribution >= 4 is 51.8 Å². The van der Waals surface area contributed by atoms with Crippen molar-refractivity contribution in [1.82, 2.24) is 14.9 Å². The number of aliphatic hydroxyl groups excluding tert-OH is 1. The molecule has 24 heavy (non-hydrogen) atoms. The minimum absolute atomic E-state index is 0. The van der Waals surface area contributed by atoms with Crippen LogP contribution in [0.25, 0.3) is 11.0 Å². The molecule has 1 aromatic carbocycles. The summed E-state index contributed by atoms with van der Waals surface area (Å²) >= 11 is 3.48. The van der Waals surface area contributed by atoms with Gasteiger partial charge in [0.1, 0.15) is 5.83 Å². The molecule has 2 atom stereocenters. The minimum Gasteiger partial charge on any atom is -0.391 e. The summed E-state index contributed by atoms with van der Waals surface area (Å²) in [5.74, 6) is -0.265. The lowest BCUT2D eigenvalue weighted by molar-refractivity contribution is 0.114. The van der Waals surface area contributed by atoms with Gasteiger partial charge in [-0.15, -0.1) is 24.8 Å². The average Bonchev–Trinajstić information content (AvgIpc) is 2.89. The van der Waals surface area contributed by atoms with E-state index >= 15 is 0 Å². The zero-order valence-electron chi connectivity index (χ0n) is 13.2. The number of aliphatic hydroxyl groups is 1. The van der Waals surface area contributed by atoms with Crippen LogP contribution in [-0.4, -0.2) is 33.3 Å². The first kappa shape index (κ1) is 21.4. The normalized spacial score (nSPS) is 21.2. The molecule has 0 aliphatic carbocycles. The van der Waals surface area contributed by atoms with E-state index in [1.165, 1.54) is 6.08 Å². The van der Waals surface area contributed by atoms with E-state index in [0.717, 1.165) is 34.0 Å². The number of benzene rings is 1. The maximum Gasteiger partial charge on any atom is 0.117 e. The van der Waals surface area contributed by atoms with Crippen LogP contribution in [0.1, 0.15) is 18.4 Å². The highest BCUT2D eigenvalue weighted by Crippen LogP contribution is 2.25. The Balaban J connectivity index is 0.00000144. The number of allylic oxidation sites excluding steroid dienone is 1. The Kier molecular flexibility index (Phi) is 8.15. The molecule has 2 aromatic rings. The molecular weight excluding hydrogens is 420 g/mol. The first-order valence-electron chi connectivity index (χ1n) is 7.44. The number of hydrogen-bond donors (Lipinski definition) is 2. The molecule has 1 saturated heterocycles. The molecule has 134 valence electrons. The lowest BCUT2D eigenvalue weighted by atomic mass is 10.0. The molecule has 1 aliphatic rings. The Hall–Kier alpha value is -0.660. The second-order valence-electron chi connectivity index (χ2n) is 5.72. The predicted molar refractivity (Wildman–Crippen MR) is 103 cm³/mol. The summed E-state index contributed by atoms with van der Waals surface area (Å²) < 4.78 is 17.1. The summed E-state index contributed by atoms with van der Waals surface area (Å²) in [6.45, 7) is 2.92. The lowest BCUT2D eigenvalue weighted by Gasteiger charge is -2.26. The van der Waals surface area contributed by atoms with Gasteiger partial charge < -0.3 is 15.0 Å². The van der Waals surface area contributed by atoms with Gasteiger partial charge >= 0.3 is 0 Å². The van der Waals surface area contributed by atoms with Crippen molar-refractivity contribution in [3.05, 3.63) is 40.4 Å². The standard InChI is InChI=1S/C16H19BrFN3O.2ClH/c1-10-12(17)4-5-14-16(10)20-9-21(14)8-11(18)7-13-15(22)3-2-6-19-13;;/h4-5,7,9,13,15,19,22H,2-3,6,8H2,1H3;2*1H/b11-7-;;. The molecule has 2 N–H and O–H groups in total. The third kappa shape index (κ3) is 4.49. The number of aryl methyl sites for hydroxylation is 1. The molecule has 1 aromatic heterocycles. The number of nitrogens with zero attached hydrogens (tertiary/aromatic N) is 2. The molecule has 8 heteroatoms. The number of nitrogens with one attached hydrogen (secondary N) is 1. The maximum atomic E-state index is 14.3. The summed E-state index contributed by atoms with van der Waals surface area (Å²) in [5.41, 5.74) is 2.82. The zero-order valence-corrected chi connectivity index (χ0v) is 16.4. The van der Waals surface area contributed by atoms with E-state index in [-0.39, 0.29) is 43.2 Å². The van der Waals surface area contributed by atoms with Crippen LogP contribution in [0, 0.1) is 6.92 Å². The fraction of sp³-hybridized carbons (Fsp3) is 0.438. The van der Waals surface area contributed by atoms with Crippen LogP contribution in [0.15, 0.2) is 34.8 Å². The largest absolute Gasteiger partial charge is 0.391 e. The fourth-order valence-electron chi connectivity index (χ4n) is 2.85. The molecule has 3 rings (SSSR count). The number of rotatable bonds is 3. The van der Waals surface area contributed by atoms with Gasteiger partial charge in [-0.2, -0.15) is 0 Å². The van der Waals surface area contributed by atoms with Gasteiger partial charge in [-0.25, -0.2) is 9.37 Å². The lowest BCUT2D eigenvalue weighted by Crippen LogP contribution is -2.43. The molecule has 1 fully saturated rings. The van der Waals surface area contributed by atoms with E-state index in [9.17, 15) is 9.50 Å². The van der Waals surface area contributed by atoms with E-state index in [1.807, 2.05) is 19.1 Å². The van der Waals surface area contributed by atoms with Crippen LogP contribution in [0.3, 0.4) is 0 Å². The summed E-state index contributed by atoms with van der Waals surface area (Å²) in [6, 6.07) is 3.57. The van der Waals surface area contributed by atoms with Crippen molar-refractivity contribution in [1.29, 1.82) is 0 Å². The second-order valence-corrected chi connectivity index (χ2v) is 6.57. The summed E-state index contributed by atoms with van der Waals surface area (Å²) in [6.07, 6.45) is 4.26. The molecule has 0 radical (unpaired) electrons. The van der Waals surface area contributed by atoms with Crippen LogP contribution in [0.2, 0.25) is 0 Å². The van der Waals surface area contributed by atoms with E-state index in [0.29, 0.717) is 6.42 Å². The Morgan fingerprint density at radius 1 is 1.50 bits per heavy atom. The van der Waals surface area contributed by atoms with Crippen molar-refractivity contribution in [2.45, 2.75) is 38.5 Å². The Morgan fingerprint density at radius 3 is 2.96 bits per heavy atom. The fourth-order valence-corrected chi connectivity index (χ4v) is 3.17. The van der Waals surface area contributed by atoms with Gasteiger partial charge in [0, 0.05) is 4.47 Å². The summed E-state index contributed by atoms with van der Waals surface area (Å²) in [4.78, 5) is 4.37. The zero-order chi connectivity index (χ0) is 15.7. The number of piperidine rings is 1. The molecule has 0 saturated carbocycles. The highest BCUT2D eigenvalue weighted by molar-refractivity contribution is 9.10. The van der Waals surface area contributed by atoms with Gasteiger partial charge in [-0.1, -0.05) is 15.9 Å². The first-order valence-corrected chi connectivity index (χ1v) is 8.23. The van der Waals surface area contributed by atoms with Crippen LogP contribution < -0.4 is 5.32 Å². The predicted octanol–water partition coefficient (Wildman–Crippen LogP) is 3.92. The van der Waals surface area contributed by atoms with Gasteiger partial charge in [0.25, 0.3) is 0 Å². The Morgan fingerprint density at radius 2 is 2.25 bits per heavy atom. The van der Waals surface area contributed by atoms with Crippen LogP contribution in [-0.2, 0) is 6.54 Å². The number of imidazole rings is 1. The van der Waals surface area contributed by atoms with E-state index in [4.69, 9.17) is 0 Å². The molecular formula is C16H21BrCl2FN3O. The quantitative estimate of drug-likeness (QED) is 0.760. The highest BCUT2D eigenvalue weighted by Gasteiger charge is 2.21. The van der Waals surface area contributed by atoms with Crippen molar-refractivity contribution in [3.63, 3.8) is 0 Å². The number of aromatic nitrogens is 2. The van der Waals surface area contributed by atoms with Gasteiger partial charge in [0.15, 0.2) is 0 Å². The molecule has 2 unspecified atom stereocenters. The van der Waals surface area contributed by atoms with Crippen molar-refractivity contribution in [2.75, 3.05) is 6.54 Å². The van der Waals surface area contributed by atoms with Gasteiger partial charge in [-0.05, 0) is 50.1 Å². The van der Waals surface area contributed by atoms with Crippen LogP contribution >= 0.6 is 40.7 Å². The summed E-state index contributed by atoms with van der Waals surface area (Å²) in [7, 11) is 0. The Bertz CT molecular complexity index is 723. The van der Waals surface area contributed by atoms with Gasteiger partial charge in [0.2, 0.25) is 0 Å². The first-order chi connectivity index (χ1) is 10.6. The number of halogens is 4. The Labute approximate surface area is 161 Å². The van der Waals surface area contributed by atoms with Gasteiger partial charge in [-0.3, -0.25) is 0 Å². The van der Waals surface area contributed by atoms with Crippen LogP contribution in [0.4, 0.5) is 4.39 Å². The molecule has 4 nitrogen and oxygen atoms in total. The molecule has 0 amide bonds. The number of fused-ring (bicyclic) bond motifs is 1. The smallest absolute Gasteiger partial charge is 0.117 e. The molecule has 2 heterocycles. The monoisotopic (exact) mass is 439 g/mol. The molecule has 0 bridgehead atoms. The van der Waals surface area contributed by atoms with Crippen molar-refractivity contribution in [3.8, 4) is 0 Å². The summed E-state index contributed by atoms with van der Waals surface area (Å²) in [5, 5.41) is 13.0. The van der Waals surface area contributed by atoms with Crippen molar-refractivity contribution < 1.29 is 9.50 Å². The average molecular weight is 441 g/mol. The highest BCUT2D eigenvalue weighted by atomic mass is 79.9. The third-order valence-corrected chi connectivity index (χ3v) is 4.99. The maximum absolute atomic E-state index is 14.3. The molecule has 0 spiro atoms. The second kappa shape index (κ2) is 9.15. The van der Waals surface area contributed by atoms with E-state index < -0.39 is 6.10 Å². The molecule has 1 aliphatic heterocycles. The van der Waals surface area contributed by atoms with Crippen LogP contribution in [0.5, 0.6) is 0 Å². The number of hydrogen-bond acceptors (Lipinski definition) is 3. The van der Waals surface area contributed by atoms with Gasteiger partial charge in [0.05, 0.1) is 36.1 Å². The van der Waals surface area contributed by atoms with E-state index in [2.05, 4.69) is 26.2 Å². The van der Waals surface area contributed by atoms with Crippen molar-refractivity contribution in [2.24, 2.45) is 0 Å². The minimum atomic E-state index is -0.516. The SMILES string of the molecule is Cc1c(Br)ccc2c1ncn2C/C(F)=C/C1NCCCC1O.Cl.Cl.